The molecule has 0 saturated carbocycles. The van der Waals surface area contributed by atoms with Crippen LogP contribution in [0, 0.1) is 0 Å². The van der Waals surface area contributed by atoms with Gasteiger partial charge in [-0.2, -0.15) is 5.10 Å². The van der Waals surface area contributed by atoms with Crippen molar-refractivity contribution in [1.82, 2.24) is 19.9 Å². The fraction of sp³-hybridized carbons (Fsp3) is 0.538. The molecule has 3 rings (SSSR count). The summed E-state index contributed by atoms with van der Waals surface area (Å²) in [7, 11) is 0. The third kappa shape index (κ3) is 2.28. The van der Waals surface area contributed by atoms with Crippen LogP contribution in [0.3, 0.4) is 0 Å². The highest BCUT2D eigenvalue weighted by Crippen LogP contribution is 2.23. The van der Waals surface area contributed by atoms with E-state index in [-0.39, 0.29) is 5.54 Å². The zero-order valence-electron chi connectivity index (χ0n) is 11.2. The molecule has 1 saturated heterocycles. The molecule has 0 amide bonds. The molecule has 3 heterocycles. The molecule has 19 heavy (non-hydrogen) atoms. The number of halogens is 1. The van der Waals surface area contributed by atoms with Gasteiger partial charge in [0.2, 0.25) is 0 Å². The van der Waals surface area contributed by atoms with Crippen molar-refractivity contribution in [3.8, 4) is 0 Å². The van der Waals surface area contributed by atoms with Crippen LogP contribution in [0.1, 0.15) is 26.0 Å². The number of anilines is 1. The molecule has 0 aliphatic carbocycles. The number of aryl methyl sites for hydroxylation is 1. The van der Waals surface area contributed by atoms with Crippen LogP contribution < -0.4 is 10.6 Å². The lowest BCUT2D eigenvalue weighted by Gasteiger charge is -2.40. The summed E-state index contributed by atoms with van der Waals surface area (Å²) < 4.78 is 1.82. The molecule has 1 fully saturated rings. The molecule has 1 unspecified atom stereocenters. The SMILES string of the molecule is CCc1cnc2c(NCC3(C)CCN3)cc(Cl)nn12. The van der Waals surface area contributed by atoms with E-state index < -0.39 is 0 Å². The molecule has 0 aromatic carbocycles. The predicted molar refractivity (Wildman–Crippen MR) is 76.9 cm³/mol. The van der Waals surface area contributed by atoms with E-state index >= 15 is 0 Å². The molecule has 6 heteroatoms. The van der Waals surface area contributed by atoms with Gasteiger partial charge in [-0.1, -0.05) is 18.5 Å². The Morgan fingerprint density at radius 1 is 1.58 bits per heavy atom. The fourth-order valence-electron chi connectivity index (χ4n) is 2.35. The number of fused-ring (bicyclic) bond motifs is 1. The van der Waals surface area contributed by atoms with Gasteiger partial charge in [0.05, 0.1) is 17.6 Å². The number of imidazole rings is 1. The molecule has 0 spiro atoms. The second-order valence-corrected chi connectivity index (χ2v) is 5.70. The van der Waals surface area contributed by atoms with E-state index in [1.807, 2.05) is 16.8 Å². The van der Waals surface area contributed by atoms with Gasteiger partial charge in [-0.15, -0.1) is 0 Å². The Balaban J connectivity index is 1.91. The summed E-state index contributed by atoms with van der Waals surface area (Å²) in [5, 5.41) is 11.7. The zero-order chi connectivity index (χ0) is 13.5. The van der Waals surface area contributed by atoms with Crippen molar-refractivity contribution >= 4 is 22.9 Å². The minimum atomic E-state index is 0.174. The van der Waals surface area contributed by atoms with Crippen molar-refractivity contribution in [2.24, 2.45) is 0 Å². The van der Waals surface area contributed by atoms with E-state index in [0.29, 0.717) is 5.15 Å². The lowest BCUT2D eigenvalue weighted by Crippen LogP contribution is -2.58. The van der Waals surface area contributed by atoms with Crippen molar-refractivity contribution in [1.29, 1.82) is 0 Å². The summed E-state index contributed by atoms with van der Waals surface area (Å²) >= 11 is 6.09. The topological polar surface area (TPSA) is 54.2 Å². The highest BCUT2D eigenvalue weighted by Gasteiger charge is 2.30. The molecule has 102 valence electrons. The van der Waals surface area contributed by atoms with Gasteiger partial charge in [-0.05, 0) is 26.3 Å². The molecule has 2 N–H and O–H groups in total. The summed E-state index contributed by atoms with van der Waals surface area (Å²) in [6.45, 7) is 6.25. The van der Waals surface area contributed by atoms with Crippen molar-refractivity contribution in [3.63, 3.8) is 0 Å². The van der Waals surface area contributed by atoms with Gasteiger partial charge >= 0.3 is 0 Å². The Morgan fingerprint density at radius 3 is 3.00 bits per heavy atom. The van der Waals surface area contributed by atoms with E-state index in [1.54, 1.807) is 0 Å². The molecular weight excluding hydrogens is 262 g/mol. The van der Waals surface area contributed by atoms with Crippen LogP contribution in [0.15, 0.2) is 12.3 Å². The number of nitrogens with zero attached hydrogens (tertiary/aromatic N) is 3. The summed E-state index contributed by atoms with van der Waals surface area (Å²) in [6.07, 6.45) is 3.92. The average Bonchev–Trinajstić information content (AvgIpc) is 2.76. The van der Waals surface area contributed by atoms with Gasteiger partial charge < -0.3 is 10.6 Å². The molecule has 2 aromatic heterocycles. The summed E-state index contributed by atoms with van der Waals surface area (Å²) in [4.78, 5) is 4.43. The molecular formula is C13H18ClN5. The molecule has 1 atom stereocenters. The normalized spacial score (nSPS) is 22.5. The number of hydrogen-bond acceptors (Lipinski definition) is 4. The highest BCUT2D eigenvalue weighted by atomic mass is 35.5. The van der Waals surface area contributed by atoms with Gasteiger partial charge in [0, 0.05) is 18.2 Å². The maximum Gasteiger partial charge on any atom is 0.177 e. The Labute approximate surface area is 117 Å². The van der Waals surface area contributed by atoms with Crippen LogP contribution in [0.25, 0.3) is 5.65 Å². The van der Waals surface area contributed by atoms with Gasteiger partial charge in [0.25, 0.3) is 0 Å². The number of aromatic nitrogens is 3. The van der Waals surface area contributed by atoms with Crippen molar-refractivity contribution in [3.05, 3.63) is 23.1 Å². The van der Waals surface area contributed by atoms with Gasteiger partial charge in [0.1, 0.15) is 0 Å². The first-order valence-electron chi connectivity index (χ1n) is 6.63. The smallest absolute Gasteiger partial charge is 0.177 e. The number of rotatable bonds is 4. The molecule has 1 aliphatic rings. The largest absolute Gasteiger partial charge is 0.380 e. The van der Waals surface area contributed by atoms with Crippen LogP contribution in [-0.2, 0) is 6.42 Å². The van der Waals surface area contributed by atoms with Crippen LogP contribution >= 0.6 is 11.6 Å². The van der Waals surface area contributed by atoms with Crippen molar-refractivity contribution in [2.45, 2.75) is 32.2 Å². The van der Waals surface area contributed by atoms with Crippen LogP contribution in [0.2, 0.25) is 5.15 Å². The maximum absolute atomic E-state index is 6.09. The molecule has 0 bridgehead atoms. The van der Waals surface area contributed by atoms with E-state index in [0.717, 1.165) is 36.5 Å². The van der Waals surface area contributed by atoms with Crippen LogP contribution in [-0.4, -0.2) is 33.2 Å². The van der Waals surface area contributed by atoms with E-state index in [4.69, 9.17) is 11.6 Å². The van der Waals surface area contributed by atoms with Crippen molar-refractivity contribution < 1.29 is 0 Å². The summed E-state index contributed by atoms with van der Waals surface area (Å²) in [5.74, 6) is 0. The summed E-state index contributed by atoms with van der Waals surface area (Å²) in [5.41, 5.74) is 3.01. The van der Waals surface area contributed by atoms with E-state index in [9.17, 15) is 0 Å². The first kappa shape index (κ1) is 12.7. The minimum Gasteiger partial charge on any atom is -0.380 e. The van der Waals surface area contributed by atoms with E-state index in [2.05, 4.69) is 34.6 Å². The quantitative estimate of drug-likeness (QED) is 0.900. The third-order valence-corrected chi connectivity index (χ3v) is 3.95. The Hall–Kier alpha value is -1.33. The molecule has 5 nitrogen and oxygen atoms in total. The molecule has 1 aliphatic heterocycles. The standard InChI is InChI=1S/C13H18ClN5/c1-3-9-7-15-12-10(6-11(14)18-19(9)12)16-8-13(2)4-5-17-13/h6-7,16-17H,3-5,8H2,1-2H3. The van der Waals surface area contributed by atoms with Crippen molar-refractivity contribution in [2.75, 3.05) is 18.4 Å². The lowest BCUT2D eigenvalue weighted by atomic mass is 9.90. The zero-order valence-corrected chi connectivity index (χ0v) is 12.0. The van der Waals surface area contributed by atoms with Crippen LogP contribution in [0.5, 0.6) is 0 Å². The Morgan fingerprint density at radius 2 is 2.37 bits per heavy atom. The second-order valence-electron chi connectivity index (χ2n) is 5.31. The monoisotopic (exact) mass is 279 g/mol. The minimum absolute atomic E-state index is 0.174. The lowest BCUT2D eigenvalue weighted by molar-refractivity contribution is 0.249. The number of nitrogens with one attached hydrogen (secondary N) is 2. The first-order valence-corrected chi connectivity index (χ1v) is 7.01. The van der Waals surface area contributed by atoms with Gasteiger partial charge in [-0.3, -0.25) is 0 Å². The second kappa shape index (κ2) is 4.65. The van der Waals surface area contributed by atoms with Gasteiger partial charge in [-0.25, -0.2) is 9.50 Å². The van der Waals surface area contributed by atoms with Gasteiger partial charge in [0.15, 0.2) is 10.8 Å². The van der Waals surface area contributed by atoms with Crippen LogP contribution in [0.4, 0.5) is 5.69 Å². The highest BCUT2D eigenvalue weighted by molar-refractivity contribution is 6.29. The maximum atomic E-state index is 6.09. The third-order valence-electron chi connectivity index (χ3n) is 3.77. The fourth-order valence-corrected chi connectivity index (χ4v) is 2.53. The Bertz CT molecular complexity index is 602. The Kier molecular flexibility index (Phi) is 3.11. The first-order chi connectivity index (χ1) is 9.11. The average molecular weight is 280 g/mol. The number of hydrogen-bond donors (Lipinski definition) is 2. The molecule has 0 radical (unpaired) electrons. The predicted octanol–water partition coefficient (Wildman–Crippen LogP) is 2.11. The summed E-state index contributed by atoms with van der Waals surface area (Å²) in [6, 6.07) is 1.84. The molecule has 2 aromatic rings. The van der Waals surface area contributed by atoms with E-state index in [1.165, 1.54) is 6.42 Å².